The summed E-state index contributed by atoms with van der Waals surface area (Å²) in [6.45, 7) is -0.197. The van der Waals surface area contributed by atoms with Crippen molar-refractivity contribution in [3.05, 3.63) is 64.0 Å². The number of hydrogen-bond acceptors (Lipinski definition) is 7. The van der Waals surface area contributed by atoms with Crippen LogP contribution < -0.4 is 5.56 Å². The molecule has 3 heterocycles. The summed E-state index contributed by atoms with van der Waals surface area (Å²) in [5.74, 6) is -1.39. The molecule has 0 radical (unpaired) electrons. The standard InChI is InChI=1S/C24H21N3O5S/c28-19(10-11-27-23(30)15-8-4-5-9-16(15)24(27)31)32-12-18-25-21(29)20-17(13-33-22(20)26-18)14-6-2-1-3-7-14/h1-7,13,15-16H,8-12H2,(H,25,26,29). The van der Waals surface area contributed by atoms with Gasteiger partial charge in [-0.2, -0.15) is 0 Å². The van der Waals surface area contributed by atoms with Crippen molar-refractivity contribution in [2.75, 3.05) is 6.54 Å². The molecule has 0 saturated carbocycles. The molecule has 1 N–H and O–H groups in total. The van der Waals surface area contributed by atoms with Gasteiger partial charge in [0.2, 0.25) is 11.8 Å². The SMILES string of the molecule is O=C(CCN1C(=O)C2CC=CCC2C1=O)OCc1nc2scc(-c3ccccc3)c2c(=O)[nH]1. The minimum atomic E-state index is -0.567. The van der Waals surface area contributed by atoms with Crippen LogP contribution in [0.2, 0.25) is 0 Å². The smallest absolute Gasteiger partial charge is 0.308 e. The van der Waals surface area contributed by atoms with E-state index in [2.05, 4.69) is 9.97 Å². The van der Waals surface area contributed by atoms with Gasteiger partial charge in [0, 0.05) is 17.5 Å². The van der Waals surface area contributed by atoms with Crippen LogP contribution >= 0.6 is 11.3 Å². The molecule has 2 unspecified atom stereocenters. The number of imide groups is 1. The molecular weight excluding hydrogens is 442 g/mol. The van der Waals surface area contributed by atoms with Crippen LogP contribution in [0, 0.1) is 11.8 Å². The van der Waals surface area contributed by atoms with Gasteiger partial charge in [-0.1, -0.05) is 42.5 Å². The lowest BCUT2D eigenvalue weighted by molar-refractivity contribution is -0.147. The fourth-order valence-electron chi connectivity index (χ4n) is 4.41. The number of rotatable bonds is 6. The summed E-state index contributed by atoms with van der Waals surface area (Å²) in [4.78, 5) is 58.7. The van der Waals surface area contributed by atoms with Crippen molar-refractivity contribution in [1.29, 1.82) is 0 Å². The molecule has 8 nitrogen and oxygen atoms in total. The van der Waals surface area contributed by atoms with Gasteiger partial charge in [-0.25, -0.2) is 4.98 Å². The second kappa shape index (κ2) is 8.74. The van der Waals surface area contributed by atoms with Gasteiger partial charge in [-0.15, -0.1) is 11.3 Å². The molecule has 1 aliphatic carbocycles. The van der Waals surface area contributed by atoms with Gasteiger partial charge in [0.25, 0.3) is 5.56 Å². The molecule has 1 aliphatic heterocycles. The van der Waals surface area contributed by atoms with E-state index in [0.717, 1.165) is 11.1 Å². The van der Waals surface area contributed by atoms with Crippen LogP contribution in [0.4, 0.5) is 0 Å². The van der Waals surface area contributed by atoms with Crippen molar-refractivity contribution < 1.29 is 19.1 Å². The highest BCUT2D eigenvalue weighted by Gasteiger charge is 2.46. The third kappa shape index (κ3) is 4.00. The van der Waals surface area contributed by atoms with E-state index in [-0.39, 0.29) is 54.6 Å². The van der Waals surface area contributed by atoms with Crippen molar-refractivity contribution >= 4 is 39.3 Å². The summed E-state index contributed by atoms with van der Waals surface area (Å²) in [7, 11) is 0. The van der Waals surface area contributed by atoms with Gasteiger partial charge in [-0.05, 0) is 18.4 Å². The van der Waals surface area contributed by atoms with Crippen LogP contribution in [0.15, 0.2) is 52.7 Å². The Morgan fingerprint density at radius 3 is 2.48 bits per heavy atom. The largest absolute Gasteiger partial charge is 0.457 e. The number of carbonyl (C=O) groups excluding carboxylic acids is 3. The van der Waals surface area contributed by atoms with Crippen LogP contribution in [0.1, 0.15) is 25.1 Å². The second-order valence-corrected chi connectivity index (χ2v) is 8.96. The molecule has 1 saturated heterocycles. The lowest BCUT2D eigenvalue weighted by Gasteiger charge is -2.14. The number of hydrogen-bond donors (Lipinski definition) is 1. The molecule has 3 aromatic rings. The number of likely N-dealkylation sites (tertiary alicyclic amines) is 1. The first-order valence-electron chi connectivity index (χ1n) is 10.7. The highest BCUT2D eigenvalue weighted by atomic mass is 32.1. The Balaban J connectivity index is 1.21. The Labute approximate surface area is 192 Å². The van der Waals surface area contributed by atoms with Gasteiger partial charge in [0.05, 0.1) is 23.6 Å². The van der Waals surface area contributed by atoms with E-state index in [9.17, 15) is 19.2 Å². The van der Waals surface area contributed by atoms with Crippen molar-refractivity contribution in [1.82, 2.24) is 14.9 Å². The van der Waals surface area contributed by atoms with Crippen LogP contribution in [-0.4, -0.2) is 39.2 Å². The maximum atomic E-state index is 12.7. The monoisotopic (exact) mass is 463 g/mol. The number of esters is 1. The number of carbonyl (C=O) groups is 3. The summed E-state index contributed by atoms with van der Waals surface area (Å²) < 4.78 is 5.24. The quantitative estimate of drug-likeness (QED) is 0.342. The van der Waals surface area contributed by atoms with Gasteiger partial charge in [0.1, 0.15) is 17.3 Å². The molecule has 9 heteroatoms. The minimum absolute atomic E-state index is 0.00214. The van der Waals surface area contributed by atoms with E-state index < -0.39 is 5.97 Å². The number of fused-ring (bicyclic) bond motifs is 2. The molecule has 33 heavy (non-hydrogen) atoms. The Morgan fingerprint density at radius 2 is 1.79 bits per heavy atom. The van der Waals surface area contributed by atoms with E-state index in [1.165, 1.54) is 16.2 Å². The number of amides is 2. The molecular formula is C24H21N3O5S. The zero-order valence-corrected chi connectivity index (χ0v) is 18.5. The number of nitrogens with one attached hydrogen (secondary N) is 1. The predicted molar refractivity (Wildman–Crippen MR) is 122 cm³/mol. The first-order chi connectivity index (χ1) is 16.0. The summed E-state index contributed by atoms with van der Waals surface area (Å²) in [5, 5.41) is 2.39. The Bertz CT molecular complexity index is 1300. The van der Waals surface area contributed by atoms with Gasteiger partial charge >= 0.3 is 5.97 Å². The highest BCUT2D eigenvalue weighted by Crippen LogP contribution is 2.35. The number of H-pyrrole nitrogens is 1. The van der Waals surface area contributed by atoms with E-state index >= 15 is 0 Å². The average Bonchev–Trinajstić information content (AvgIpc) is 3.37. The summed E-state index contributed by atoms with van der Waals surface area (Å²) in [6, 6.07) is 9.58. The normalized spacial score (nSPS) is 19.8. The molecule has 0 bridgehead atoms. The maximum Gasteiger partial charge on any atom is 0.308 e. The number of allylic oxidation sites excluding steroid dienone is 2. The molecule has 1 aromatic carbocycles. The zero-order chi connectivity index (χ0) is 22.9. The molecule has 1 fully saturated rings. The zero-order valence-electron chi connectivity index (χ0n) is 17.7. The highest BCUT2D eigenvalue weighted by molar-refractivity contribution is 7.17. The van der Waals surface area contributed by atoms with Crippen LogP contribution in [-0.2, 0) is 25.7 Å². The van der Waals surface area contributed by atoms with Gasteiger partial charge < -0.3 is 9.72 Å². The van der Waals surface area contributed by atoms with Gasteiger partial charge in [0.15, 0.2) is 0 Å². The molecule has 168 valence electrons. The summed E-state index contributed by atoms with van der Waals surface area (Å²) in [5.41, 5.74) is 1.44. The molecule has 2 amide bonds. The number of ether oxygens (including phenoxy) is 1. The first-order valence-corrected chi connectivity index (χ1v) is 11.6. The number of nitrogens with zero attached hydrogens (tertiary/aromatic N) is 2. The lowest BCUT2D eigenvalue weighted by atomic mass is 9.85. The molecule has 2 aliphatic rings. The third-order valence-electron chi connectivity index (χ3n) is 6.09. The Hall–Kier alpha value is -3.59. The van der Waals surface area contributed by atoms with Crippen molar-refractivity contribution in [3.8, 4) is 11.1 Å². The van der Waals surface area contributed by atoms with E-state index in [0.29, 0.717) is 23.1 Å². The van der Waals surface area contributed by atoms with E-state index in [4.69, 9.17) is 4.74 Å². The van der Waals surface area contributed by atoms with E-state index in [1.54, 1.807) is 0 Å². The summed E-state index contributed by atoms with van der Waals surface area (Å²) >= 11 is 1.35. The fourth-order valence-corrected chi connectivity index (χ4v) is 5.37. The minimum Gasteiger partial charge on any atom is -0.457 e. The molecule has 2 atom stereocenters. The lowest BCUT2D eigenvalue weighted by Crippen LogP contribution is -2.33. The summed E-state index contributed by atoms with van der Waals surface area (Å²) in [6.07, 6.45) is 4.86. The Kier molecular flexibility index (Phi) is 5.63. The topological polar surface area (TPSA) is 109 Å². The molecule has 5 rings (SSSR count). The Morgan fingerprint density at radius 1 is 1.09 bits per heavy atom. The molecule has 2 aromatic heterocycles. The predicted octanol–water partition coefficient (Wildman–Crippen LogP) is 3.04. The second-order valence-electron chi connectivity index (χ2n) is 8.10. The number of aromatic amines is 1. The van der Waals surface area contributed by atoms with Crippen molar-refractivity contribution in [2.24, 2.45) is 11.8 Å². The van der Waals surface area contributed by atoms with Crippen LogP contribution in [0.25, 0.3) is 21.3 Å². The number of aromatic nitrogens is 2. The van der Waals surface area contributed by atoms with Crippen molar-refractivity contribution in [3.63, 3.8) is 0 Å². The molecule has 0 spiro atoms. The number of thiophene rings is 1. The number of benzene rings is 1. The average molecular weight is 464 g/mol. The third-order valence-corrected chi connectivity index (χ3v) is 6.96. The maximum absolute atomic E-state index is 12.7. The van der Waals surface area contributed by atoms with Crippen LogP contribution in [0.5, 0.6) is 0 Å². The van der Waals surface area contributed by atoms with Crippen LogP contribution in [0.3, 0.4) is 0 Å². The fraction of sp³-hybridized carbons (Fsp3) is 0.292. The van der Waals surface area contributed by atoms with Gasteiger partial charge in [-0.3, -0.25) is 24.1 Å². The first kappa shape index (κ1) is 21.3. The van der Waals surface area contributed by atoms with Crippen molar-refractivity contribution in [2.45, 2.75) is 25.9 Å². The van der Waals surface area contributed by atoms with E-state index in [1.807, 2.05) is 47.9 Å².